The molecule has 0 spiro atoms. The Hall–Kier alpha value is -3.37. The SMILES string of the molecule is CC1CCC(n2cc(NC(=O)c3cnn4ccc(C(N)=O)nc34)c(C(F)F)n2)CC1. The zero-order chi connectivity index (χ0) is 21.4. The van der Waals surface area contributed by atoms with Crippen LogP contribution in [0.1, 0.15) is 71.6 Å². The lowest BCUT2D eigenvalue weighted by Crippen LogP contribution is -2.17. The Morgan fingerprint density at radius 2 is 2.00 bits per heavy atom. The van der Waals surface area contributed by atoms with E-state index in [4.69, 9.17) is 5.73 Å². The molecular formula is C19H21F2N7O2. The number of amides is 2. The van der Waals surface area contributed by atoms with E-state index < -0.39 is 23.9 Å². The Bertz CT molecular complexity index is 1100. The molecule has 0 atom stereocenters. The van der Waals surface area contributed by atoms with Crippen molar-refractivity contribution in [2.24, 2.45) is 11.7 Å². The molecule has 1 aliphatic rings. The molecule has 2 amide bonds. The maximum Gasteiger partial charge on any atom is 0.284 e. The first-order valence-electron chi connectivity index (χ1n) is 9.66. The molecule has 1 saturated carbocycles. The molecule has 0 aromatic carbocycles. The van der Waals surface area contributed by atoms with Gasteiger partial charge >= 0.3 is 0 Å². The molecular weight excluding hydrogens is 396 g/mol. The summed E-state index contributed by atoms with van der Waals surface area (Å²) >= 11 is 0. The van der Waals surface area contributed by atoms with E-state index in [2.05, 4.69) is 27.4 Å². The largest absolute Gasteiger partial charge is 0.364 e. The summed E-state index contributed by atoms with van der Waals surface area (Å²) in [6, 6.07) is 1.40. The highest BCUT2D eigenvalue weighted by Crippen LogP contribution is 2.34. The fraction of sp³-hybridized carbons (Fsp3) is 0.421. The van der Waals surface area contributed by atoms with Crippen LogP contribution in [-0.2, 0) is 0 Å². The van der Waals surface area contributed by atoms with Crippen LogP contribution in [0, 0.1) is 5.92 Å². The van der Waals surface area contributed by atoms with Gasteiger partial charge in [-0.05, 0) is 37.7 Å². The van der Waals surface area contributed by atoms with Crippen LogP contribution in [0.15, 0.2) is 24.7 Å². The summed E-state index contributed by atoms with van der Waals surface area (Å²) in [5.41, 5.74) is 4.78. The number of nitrogens with zero attached hydrogens (tertiary/aromatic N) is 5. The molecule has 0 radical (unpaired) electrons. The second-order valence-electron chi connectivity index (χ2n) is 7.58. The molecule has 0 unspecified atom stereocenters. The minimum atomic E-state index is -2.84. The zero-order valence-corrected chi connectivity index (χ0v) is 16.3. The fourth-order valence-corrected chi connectivity index (χ4v) is 3.71. The van der Waals surface area contributed by atoms with Crippen LogP contribution < -0.4 is 11.1 Å². The second-order valence-corrected chi connectivity index (χ2v) is 7.58. The summed E-state index contributed by atoms with van der Waals surface area (Å²) in [5.74, 6) is -0.829. The van der Waals surface area contributed by atoms with Gasteiger partial charge in [0.15, 0.2) is 11.3 Å². The van der Waals surface area contributed by atoms with E-state index in [1.807, 2.05) is 0 Å². The number of anilines is 1. The molecule has 4 rings (SSSR count). The highest BCUT2D eigenvalue weighted by Gasteiger charge is 2.26. The van der Waals surface area contributed by atoms with Crippen LogP contribution in [0.5, 0.6) is 0 Å². The Kier molecular flexibility index (Phi) is 5.18. The van der Waals surface area contributed by atoms with Gasteiger partial charge in [0, 0.05) is 12.4 Å². The number of rotatable bonds is 5. The van der Waals surface area contributed by atoms with Gasteiger partial charge in [-0.15, -0.1) is 0 Å². The highest BCUT2D eigenvalue weighted by molar-refractivity contribution is 6.08. The Morgan fingerprint density at radius 1 is 1.27 bits per heavy atom. The number of carbonyl (C=O) groups is 2. The van der Waals surface area contributed by atoms with Gasteiger partial charge in [0.2, 0.25) is 0 Å². The molecule has 0 saturated heterocycles. The van der Waals surface area contributed by atoms with Crippen LogP contribution in [0.2, 0.25) is 0 Å². The quantitative estimate of drug-likeness (QED) is 0.661. The number of halogens is 2. The molecule has 30 heavy (non-hydrogen) atoms. The maximum absolute atomic E-state index is 13.6. The number of primary amides is 1. The maximum atomic E-state index is 13.6. The van der Waals surface area contributed by atoms with Crippen LogP contribution in [-0.4, -0.2) is 36.2 Å². The third-order valence-electron chi connectivity index (χ3n) is 5.44. The lowest BCUT2D eigenvalue weighted by atomic mass is 9.87. The van der Waals surface area contributed by atoms with E-state index in [0.29, 0.717) is 5.92 Å². The third kappa shape index (κ3) is 3.74. The van der Waals surface area contributed by atoms with Crippen LogP contribution in [0.3, 0.4) is 0 Å². The van der Waals surface area contributed by atoms with Crippen LogP contribution in [0.4, 0.5) is 14.5 Å². The number of carbonyl (C=O) groups excluding carboxylic acids is 2. The van der Waals surface area contributed by atoms with Crippen molar-refractivity contribution in [3.8, 4) is 0 Å². The van der Waals surface area contributed by atoms with Gasteiger partial charge in [-0.1, -0.05) is 6.92 Å². The molecule has 11 heteroatoms. The average Bonchev–Trinajstić information content (AvgIpc) is 3.32. The van der Waals surface area contributed by atoms with E-state index in [9.17, 15) is 18.4 Å². The van der Waals surface area contributed by atoms with Crippen molar-refractivity contribution >= 4 is 23.1 Å². The Balaban J connectivity index is 1.62. The first kappa shape index (κ1) is 19.9. The smallest absolute Gasteiger partial charge is 0.284 e. The number of nitrogens with one attached hydrogen (secondary N) is 1. The first-order chi connectivity index (χ1) is 14.3. The van der Waals surface area contributed by atoms with Crippen molar-refractivity contribution < 1.29 is 18.4 Å². The van der Waals surface area contributed by atoms with Gasteiger partial charge in [-0.25, -0.2) is 18.3 Å². The van der Waals surface area contributed by atoms with Gasteiger partial charge in [-0.3, -0.25) is 14.3 Å². The predicted molar refractivity (Wildman–Crippen MR) is 103 cm³/mol. The molecule has 3 aromatic rings. The van der Waals surface area contributed by atoms with Crippen molar-refractivity contribution in [3.05, 3.63) is 41.6 Å². The lowest BCUT2D eigenvalue weighted by Gasteiger charge is -2.26. The number of aromatic nitrogens is 5. The molecule has 0 bridgehead atoms. The van der Waals surface area contributed by atoms with Crippen molar-refractivity contribution in [3.63, 3.8) is 0 Å². The van der Waals surface area contributed by atoms with E-state index in [0.717, 1.165) is 25.7 Å². The van der Waals surface area contributed by atoms with Crippen molar-refractivity contribution in [1.29, 1.82) is 0 Å². The van der Waals surface area contributed by atoms with E-state index in [-0.39, 0.29) is 28.6 Å². The van der Waals surface area contributed by atoms with E-state index in [1.165, 1.54) is 33.9 Å². The predicted octanol–water partition coefficient (Wildman–Crippen LogP) is 2.97. The molecule has 3 aromatic heterocycles. The number of hydrogen-bond acceptors (Lipinski definition) is 5. The Labute approximate surface area is 170 Å². The van der Waals surface area contributed by atoms with Crippen LogP contribution in [0.25, 0.3) is 5.65 Å². The van der Waals surface area contributed by atoms with Crippen molar-refractivity contribution in [2.75, 3.05) is 5.32 Å². The Morgan fingerprint density at radius 3 is 2.67 bits per heavy atom. The third-order valence-corrected chi connectivity index (χ3v) is 5.44. The number of alkyl halides is 2. The van der Waals surface area contributed by atoms with Gasteiger partial charge in [-0.2, -0.15) is 10.2 Å². The minimum absolute atomic E-state index is 0.0255. The summed E-state index contributed by atoms with van der Waals surface area (Å²) in [6.07, 6.45) is 5.02. The summed E-state index contributed by atoms with van der Waals surface area (Å²) in [4.78, 5) is 28.2. The van der Waals surface area contributed by atoms with Gasteiger partial charge in [0.05, 0.1) is 17.9 Å². The minimum Gasteiger partial charge on any atom is -0.364 e. The molecule has 158 valence electrons. The summed E-state index contributed by atoms with van der Waals surface area (Å²) in [5, 5.41) is 10.5. The summed E-state index contributed by atoms with van der Waals surface area (Å²) < 4.78 is 29.9. The average molecular weight is 417 g/mol. The zero-order valence-electron chi connectivity index (χ0n) is 16.3. The fourth-order valence-electron chi connectivity index (χ4n) is 3.71. The van der Waals surface area contributed by atoms with Gasteiger partial charge in [0.1, 0.15) is 11.3 Å². The molecule has 0 aliphatic heterocycles. The summed E-state index contributed by atoms with van der Waals surface area (Å²) in [7, 11) is 0. The van der Waals surface area contributed by atoms with E-state index in [1.54, 1.807) is 0 Å². The van der Waals surface area contributed by atoms with Gasteiger partial charge in [0.25, 0.3) is 18.2 Å². The molecule has 3 N–H and O–H groups in total. The van der Waals surface area contributed by atoms with E-state index >= 15 is 0 Å². The molecule has 1 aliphatic carbocycles. The number of fused-ring (bicyclic) bond motifs is 1. The van der Waals surface area contributed by atoms with Crippen molar-refractivity contribution in [1.82, 2.24) is 24.4 Å². The standard InChI is InChI=1S/C19H21F2N7O2/c1-10-2-4-11(5-3-10)28-9-14(15(26-28)16(20)21)25-19(30)12-8-23-27-7-6-13(17(22)29)24-18(12)27/h6-11,16H,2-5H2,1H3,(H2,22,29)(H,25,30). The topological polar surface area (TPSA) is 120 Å². The van der Waals surface area contributed by atoms with Crippen LogP contribution >= 0.6 is 0 Å². The highest BCUT2D eigenvalue weighted by atomic mass is 19.3. The second kappa shape index (κ2) is 7.81. The number of hydrogen-bond donors (Lipinski definition) is 2. The monoisotopic (exact) mass is 417 g/mol. The van der Waals surface area contributed by atoms with Crippen molar-refractivity contribution in [2.45, 2.75) is 45.1 Å². The molecule has 1 fully saturated rings. The lowest BCUT2D eigenvalue weighted by molar-refractivity contribution is 0.0992. The number of nitrogens with two attached hydrogens (primary N) is 1. The molecule has 9 nitrogen and oxygen atoms in total. The normalized spacial score (nSPS) is 19.3. The van der Waals surface area contributed by atoms with Gasteiger partial charge < -0.3 is 11.1 Å². The summed E-state index contributed by atoms with van der Waals surface area (Å²) in [6.45, 7) is 2.17. The molecule has 3 heterocycles. The first-order valence-corrected chi connectivity index (χ1v) is 9.66.